The van der Waals surface area contributed by atoms with E-state index in [1.54, 1.807) is 20.8 Å². The zero-order valence-corrected chi connectivity index (χ0v) is 8.53. The van der Waals surface area contributed by atoms with E-state index < -0.39 is 23.7 Å². The Morgan fingerprint density at radius 1 is 1.50 bits per heavy atom. The number of ether oxygens (including phenoxy) is 1. The van der Waals surface area contributed by atoms with E-state index in [9.17, 15) is 9.59 Å². The number of aliphatic hydroxyl groups is 1. The standard InChI is InChI=1S/C8H16N2O4/c1-8(2,3)14-7(13)10-4-5(11)6(9)12/h5,11H,4H2,1-3H3,(H2,9,12)(H,10,13)/t5-/m0/s1. The molecule has 14 heavy (non-hydrogen) atoms. The fraction of sp³-hybridized carbons (Fsp3) is 0.750. The first kappa shape index (κ1) is 12.7. The Kier molecular flexibility index (Phi) is 4.36. The maximum absolute atomic E-state index is 11.0. The molecule has 0 spiro atoms. The average Bonchev–Trinajstić information content (AvgIpc) is 1.96. The Morgan fingerprint density at radius 2 is 2.00 bits per heavy atom. The minimum absolute atomic E-state index is 0.246. The quantitative estimate of drug-likeness (QED) is 0.569. The van der Waals surface area contributed by atoms with Crippen LogP contribution in [0.25, 0.3) is 0 Å². The van der Waals surface area contributed by atoms with Gasteiger partial charge >= 0.3 is 6.09 Å². The van der Waals surface area contributed by atoms with Crippen LogP contribution in [0.3, 0.4) is 0 Å². The summed E-state index contributed by atoms with van der Waals surface area (Å²) in [5.74, 6) is -0.888. The molecule has 82 valence electrons. The molecule has 0 unspecified atom stereocenters. The van der Waals surface area contributed by atoms with Crippen LogP contribution in [0.5, 0.6) is 0 Å². The molecule has 0 bridgehead atoms. The number of amides is 2. The molecule has 0 aliphatic heterocycles. The van der Waals surface area contributed by atoms with Crippen molar-refractivity contribution in [1.82, 2.24) is 5.32 Å². The molecular weight excluding hydrogens is 188 g/mol. The van der Waals surface area contributed by atoms with Gasteiger partial charge in [0.25, 0.3) is 0 Å². The van der Waals surface area contributed by atoms with Gasteiger partial charge in [-0.05, 0) is 20.8 Å². The fourth-order valence-corrected chi connectivity index (χ4v) is 0.595. The van der Waals surface area contributed by atoms with Crippen LogP contribution in [0.2, 0.25) is 0 Å². The molecule has 0 aliphatic carbocycles. The normalized spacial score (nSPS) is 13.1. The second-order valence-corrected chi connectivity index (χ2v) is 3.80. The SMILES string of the molecule is CC(C)(C)OC(=O)NC[C@H](O)C(N)=O. The number of alkyl carbamates (subject to hydrolysis) is 1. The van der Waals surface area contributed by atoms with Gasteiger partial charge in [-0.1, -0.05) is 0 Å². The van der Waals surface area contributed by atoms with Gasteiger partial charge in [0.2, 0.25) is 5.91 Å². The summed E-state index contributed by atoms with van der Waals surface area (Å²) in [5, 5.41) is 11.1. The van der Waals surface area contributed by atoms with E-state index in [2.05, 4.69) is 5.32 Å². The lowest BCUT2D eigenvalue weighted by atomic mass is 10.2. The van der Waals surface area contributed by atoms with Crippen LogP contribution in [0, 0.1) is 0 Å². The van der Waals surface area contributed by atoms with Gasteiger partial charge in [0, 0.05) is 0 Å². The zero-order valence-electron chi connectivity index (χ0n) is 8.53. The van der Waals surface area contributed by atoms with E-state index in [1.807, 2.05) is 0 Å². The third kappa shape index (κ3) is 6.24. The number of nitrogens with two attached hydrogens (primary N) is 1. The molecule has 0 aliphatic rings. The molecule has 1 atom stereocenters. The van der Waals surface area contributed by atoms with Crippen LogP contribution >= 0.6 is 0 Å². The number of rotatable bonds is 3. The maximum Gasteiger partial charge on any atom is 0.407 e. The van der Waals surface area contributed by atoms with Gasteiger partial charge < -0.3 is 20.9 Å². The zero-order chi connectivity index (χ0) is 11.4. The summed E-state index contributed by atoms with van der Waals surface area (Å²) >= 11 is 0. The highest BCUT2D eigenvalue weighted by atomic mass is 16.6. The molecule has 0 fully saturated rings. The van der Waals surface area contributed by atoms with Gasteiger partial charge in [-0.25, -0.2) is 4.79 Å². The van der Waals surface area contributed by atoms with Crippen molar-refractivity contribution in [2.24, 2.45) is 5.73 Å². The number of carbonyl (C=O) groups excluding carboxylic acids is 2. The van der Waals surface area contributed by atoms with Crippen molar-refractivity contribution in [2.45, 2.75) is 32.5 Å². The largest absolute Gasteiger partial charge is 0.444 e. The van der Waals surface area contributed by atoms with Crippen molar-refractivity contribution in [2.75, 3.05) is 6.54 Å². The summed E-state index contributed by atoms with van der Waals surface area (Å²) in [6.45, 7) is 4.87. The van der Waals surface area contributed by atoms with Gasteiger partial charge in [0.1, 0.15) is 11.7 Å². The number of aliphatic hydroxyl groups excluding tert-OH is 1. The van der Waals surface area contributed by atoms with Crippen LogP contribution in [0.4, 0.5) is 4.79 Å². The molecule has 6 nitrogen and oxygen atoms in total. The average molecular weight is 204 g/mol. The van der Waals surface area contributed by atoms with Crippen molar-refractivity contribution in [3.63, 3.8) is 0 Å². The monoisotopic (exact) mass is 204 g/mol. The molecule has 0 radical (unpaired) electrons. The van der Waals surface area contributed by atoms with Gasteiger partial charge in [-0.3, -0.25) is 4.79 Å². The fourth-order valence-electron chi connectivity index (χ4n) is 0.595. The number of hydrogen-bond acceptors (Lipinski definition) is 4. The molecule has 6 heteroatoms. The predicted octanol–water partition coefficient (Wildman–Crippen LogP) is -0.643. The van der Waals surface area contributed by atoms with E-state index in [0.29, 0.717) is 0 Å². The number of primary amides is 1. The lowest BCUT2D eigenvalue weighted by Crippen LogP contribution is -2.41. The molecule has 0 aromatic carbocycles. The van der Waals surface area contributed by atoms with Crippen molar-refractivity contribution in [1.29, 1.82) is 0 Å². The topological polar surface area (TPSA) is 102 Å². The minimum Gasteiger partial charge on any atom is -0.444 e. The molecule has 0 rings (SSSR count). The van der Waals surface area contributed by atoms with Crippen LogP contribution in [-0.4, -0.2) is 35.4 Å². The Balaban J connectivity index is 3.81. The Hall–Kier alpha value is -1.30. The predicted molar refractivity (Wildman–Crippen MR) is 49.4 cm³/mol. The smallest absolute Gasteiger partial charge is 0.407 e. The number of hydrogen-bond donors (Lipinski definition) is 3. The first-order valence-electron chi connectivity index (χ1n) is 4.16. The summed E-state index contributed by atoms with van der Waals surface area (Å²) < 4.78 is 4.85. The number of carbonyl (C=O) groups is 2. The highest BCUT2D eigenvalue weighted by Gasteiger charge is 2.18. The Bertz CT molecular complexity index is 222. The van der Waals surface area contributed by atoms with Crippen LogP contribution in [0.1, 0.15) is 20.8 Å². The minimum atomic E-state index is -1.39. The second kappa shape index (κ2) is 4.80. The Labute approximate surface area is 82.4 Å². The molecule has 0 saturated heterocycles. The summed E-state index contributed by atoms with van der Waals surface area (Å²) in [4.78, 5) is 21.4. The highest BCUT2D eigenvalue weighted by Crippen LogP contribution is 2.06. The lowest BCUT2D eigenvalue weighted by Gasteiger charge is -2.20. The van der Waals surface area contributed by atoms with E-state index in [-0.39, 0.29) is 6.54 Å². The molecule has 4 N–H and O–H groups in total. The van der Waals surface area contributed by atoms with Crippen molar-refractivity contribution in [3.05, 3.63) is 0 Å². The second-order valence-electron chi connectivity index (χ2n) is 3.80. The molecule has 2 amide bonds. The van der Waals surface area contributed by atoms with Crippen LogP contribution < -0.4 is 11.1 Å². The van der Waals surface area contributed by atoms with E-state index >= 15 is 0 Å². The van der Waals surface area contributed by atoms with E-state index in [4.69, 9.17) is 15.6 Å². The first-order valence-corrected chi connectivity index (χ1v) is 4.16. The molecule has 0 heterocycles. The van der Waals surface area contributed by atoms with E-state index in [1.165, 1.54) is 0 Å². The van der Waals surface area contributed by atoms with Gasteiger partial charge in [0.05, 0.1) is 6.54 Å². The summed E-state index contributed by atoms with van der Waals surface area (Å²) in [6, 6.07) is 0. The Morgan fingerprint density at radius 3 is 2.36 bits per heavy atom. The van der Waals surface area contributed by atoms with Crippen molar-refractivity contribution >= 4 is 12.0 Å². The summed E-state index contributed by atoms with van der Waals surface area (Å²) in [5.41, 5.74) is 4.16. The molecular formula is C8H16N2O4. The third-order valence-electron chi connectivity index (χ3n) is 1.17. The van der Waals surface area contributed by atoms with Crippen molar-refractivity contribution in [3.8, 4) is 0 Å². The first-order chi connectivity index (χ1) is 6.22. The maximum atomic E-state index is 11.0. The number of nitrogens with one attached hydrogen (secondary N) is 1. The molecule has 0 aromatic rings. The van der Waals surface area contributed by atoms with Crippen LogP contribution in [0.15, 0.2) is 0 Å². The summed E-state index contributed by atoms with van der Waals surface area (Å²) in [6.07, 6.45) is -2.08. The lowest BCUT2D eigenvalue weighted by molar-refractivity contribution is -0.125. The van der Waals surface area contributed by atoms with Crippen LogP contribution in [-0.2, 0) is 9.53 Å². The van der Waals surface area contributed by atoms with Gasteiger partial charge in [-0.2, -0.15) is 0 Å². The van der Waals surface area contributed by atoms with Gasteiger partial charge in [-0.15, -0.1) is 0 Å². The highest BCUT2D eigenvalue weighted by molar-refractivity contribution is 5.79. The third-order valence-corrected chi connectivity index (χ3v) is 1.17. The molecule has 0 aromatic heterocycles. The van der Waals surface area contributed by atoms with E-state index in [0.717, 1.165) is 0 Å². The van der Waals surface area contributed by atoms with Gasteiger partial charge in [0.15, 0.2) is 0 Å². The summed E-state index contributed by atoms with van der Waals surface area (Å²) in [7, 11) is 0. The molecule has 0 saturated carbocycles. The van der Waals surface area contributed by atoms with Crippen molar-refractivity contribution < 1.29 is 19.4 Å².